The molecule has 24 heteroatoms. The van der Waals surface area contributed by atoms with Gasteiger partial charge in [0.1, 0.15) is 132 Å². The van der Waals surface area contributed by atoms with Gasteiger partial charge in [-0.25, -0.2) is 68.7 Å². The van der Waals surface area contributed by atoms with Crippen LogP contribution in [0, 0.1) is 52.0 Å². The molecule has 0 saturated carbocycles. The highest BCUT2D eigenvalue weighted by Gasteiger charge is 2.31. The van der Waals surface area contributed by atoms with E-state index in [0.717, 1.165) is 78.0 Å². The molecule has 9 rings (SSSR count). The van der Waals surface area contributed by atoms with Gasteiger partial charge in [-0.1, -0.05) is 55.4 Å². The number of nitrogens with zero attached hydrogens (tertiary/aromatic N) is 16. The van der Waals surface area contributed by atoms with Crippen LogP contribution in [0.25, 0.3) is 0 Å². The van der Waals surface area contributed by atoms with Gasteiger partial charge in [0.05, 0.1) is 48.7 Å². The molecule has 9 heterocycles. The van der Waals surface area contributed by atoms with Gasteiger partial charge in [-0.15, -0.1) is 0 Å². The second-order valence-corrected chi connectivity index (χ2v) is 28.8. The predicted octanol–water partition coefficient (Wildman–Crippen LogP) is 8.25. The third-order valence-corrected chi connectivity index (χ3v) is 20.8. The maximum Gasteiger partial charge on any atom is 0.346 e. The van der Waals surface area contributed by atoms with Crippen molar-refractivity contribution in [2.45, 2.75) is 300 Å². The minimum Gasteiger partial charge on any atom is -1.00 e. The summed E-state index contributed by atoms with van der Waals surface area (Å²) in [6.07, 6.45) is 63.1. The monoisotopic (exact) mass is 1590 g/mol. The second-order valence-electron chi connectivity index (χ2n) is 28.8. The van der Waals surface area contributed by atoms with E-state index in [1.165, 1.54) is 36.8 Å². The molecule has 0 spiro atoms. The molecule has 111 heavy (non-hydrogen) atoms. The Morgan fingerprint density at radius 1 is 0.360 bits per heavy atom. The molecule has 0 aliphatic heterocycles. The number of carbonyl (C=O) groups excluding carboxylic acids is 1. The van der Waals surface area contributed by atoms with Crippen LogP contribution >= 0.6 is 0 Å². The Hall–Kier alpha value is -8.24. The van der Waals surface area contributed by atoms with E-state index in [1.54, 1.807) is 11.5 Å². The maximum absolute atomic E-state index is 11.0. The van der Waals surface area contributed by atoms with E-state index in [-0.39, 0.29) is 95.8 Å². The van der Waals surface area contributed by atoms with Crippen LogP contribution in [0.15, 0.2) is 180 Å². The lowest BCUT2D eigenvalue weighted by atomic mass is 9.94. The molecular weight excluding hydrogens is 1440 g/mol. The van der Waals surface area contributed by atoms with Gasteiger partial charge in [-0.05, 0) is 143 Å². The van der Waals surface area contributed by atoms with E-state index in [2.05, 4.69) is 321 Å². The summed E-state index contributed by atoms with van der Waals surface area (Å²) in [5.41, 5.74) is 1.89. The van der Waals surface area contributed by atoms with Gasteiger partial charge in [-0.3, -0.25) is 9.59 Å². The molecule has 22 nitrogen and oxygen atoms in total. The SMILES string of the molecule is CCC(C)c1cc[n+](CC[n+]2ccc(C(C)CC)cc2)cc1.CCC(C)n1cc[n+](CC[n+]2ccn(C(C)CC)c2)c1.CCC(C)n1cc[n+](CC[n+]2ccn(C(C)CCC(C)(CC(=O)O)OC=O)c2)c1.CCC(C)n1cc[n+](CC[n+]2ccn(C(C)CCC(C)n3cc[n+](CC(=O)O)c3)c2)c1.[CH3-].[CH3-].[CH3-].[CH3-].[CH3-].[CH3-].[CH3-].[Cl-].[Cl-]. The smallest absolute Gasteiger partial charge is 0.346 e. The van der Waals surface area contributed by atoms with E-state index in [0.29, 0.717) is 67.4 Å². The molecule has 628 valence electrons. The molecule has 10 unspecified atom stereocenters. The van der Waals surface area contributed by atoms with Crippen molar-refractivity contribution in [1.82, 2.24) is 32.0 Å². The van der Waals surface area contributed by atoms with Crippen LogP contribution in [0.3, 0.4) is 0 Å². The lowest BCUT2D eigenvalue weighted by molar-refractivity contribution is -0.778. The summed E-state index contributed by atoms with van der Waals surface area (Å²) in [4.78, 5) is 32.6. The first-order valence-electron chi connectivity index (χ1n) is 37.9. The van der Waals surface area contributed by atoms with Crippen LogP contribution in [-0.2, 0) is 78.0 Å². The molecule has 2 N–H and O–H groups in total. The van der Waals surface area contributed by atoms with Gasteiger partial charge in [-0.2, -0.15) is 9.13 Å². The van der Waals surface area contributed by atoms with Gasteiger partial charge in [0.15, 0.2) is 31.3 Å². The Labute approximate surface area is 685 Å². The lowest BCUT2D eigenvalue weighted by Crippen LogP contribution is -3.00. The fraction of sp³-hybridized carbons (Fsp3) is 0.529. The average molecular weight is 1590 g/mol. The summed E-state index contributed by atoms with van der Waals surface area (Å²) in [6, 6.07) is 12.1. The summed E-state index contributed by atoms with van der Waals surface area (Å²) < 4.78 is 40.2. The van der Waals surface area contributed by atoms with Crippen LogP contribution in [-0.4, -0.2) is 66.2 Å². The lowest BCUT2D eigenvalue weighted by Gasteiger charge is -2.26. The summed E-state index contributed by atoms with van der Waals surface area (Å²) >= 11 is 0. The number of hydrogen-bond acceptors (Lipinski definition) is 4. The number of aliphatic carboxylic acids is 2. The molecule has 0 amide bonds. The first-order valence-corrected chi connectivity index (χ1v) is 37.9. The van der Waals surface area contributed by atoms with Crippen molar-refractivity contribution in [2.24, 2.45) is 0 Å². The fourth-order valence-corrected chi connectivity index (χ4v) is 11.9. The largest absolute Gasteiger partial charge is 1.00 e. The topological polar surface area (TPSA) is 170 Å². The summed E-state index contributed by atoms with van der Waals surface area (Å²) in [5, 5.41) is 18.0. The number of pyridine rings is 2. The molecule has 0 aliphatic rings. The predicted molar refractivity (Wildman–Crippen MR) is 436 cm³/mol. The third kappa shape index (κ3) is 36.4. The van der Waals surface area contributed by atoms with Crippen molar-refractivity contribution in [3.63, 3.8) is 0 Å². The van der Waals surface area contributed by atoms with Gasteiger partial charge in [0.25, 0.3) is 6.47 Å². The van der Waals surface area contributed by atoms with E-state index in [1.807, 2.05) is 31.1 Å². The Morgan fingerprint density at radius 2 is 0.595 bits per heavy atom. The molecule has 0 radical (unpaired) electrons. The highest BCUT2D eigenvalue weighted by atomic mass is 35.5. The zero-order valence-electron chi connectivity index (χ0n) is 72.6. The Balaban J connectivity index is -0.000000678. The van der Waals surface area contributed by atoms with E-state index in [9.17, 15) is 14.4 Å². The normalized spacial score (nSPS) is 13.4. The third-order valence-electron chi connectivity index (χ3n) is 20.8. The number of imidazole rings is 7. The van der Waals surface area contributed by atoms with Gasteiger partial charge >= 0.3 is 11.9 Å². The molecule has 0 fully saturated rings. The summed E-state index contributed by atoms with van der Waals surface area (Å²) in [5.74, 6) is -0.494. The number of rotatable bonds is 39. The maximum atomic E-state index is 11.0. The van der Waals surface area contributed by atoms with Crippen molar-refractivity contribution in [1.29, 1.82) is 0 Å². The van der Waals surface area contributed by atoms with Crippen molar-refractivity contribution >= 4 is 18.4 Å². The number of carbonyl (C=O) groups is 3. The Bertz CT molecular complexity index is 3750. The summed E-state index contributed by atoms with van der Waals surface area (Å²) in [6.45, 7) is 43.1. The zero-order valence-corrected chi connectivity index (χ0v) is 74.1. The molecule has 9 aromatic rings. The van der Waals surface area contributed by atoms with Crippen LogP contribution in [0.2, 0.25) is 0 Å². The van der Waals surface area contributed by atoms with Crippen molar-refractivity contribution in [3.05, 3.63) is 243 Å². The molecule has 0 aliphatic carbocycles. The van der Waals surface area contributed by atoms with Gasteiger partial charge in [0, 0.05) is 24.3 Å². The van der Waals surface area contributed by atoms with Crippen molar-refractivity contribution < 1.29 is 95.3 Å². The molecule has 9 aromatic heterocycles. The molecule has 0 bridgehead atoms. The van der Waals surface area contributed by atoms with Crippen LogP contribution in [0.5, 0.6) is 0 Å². The Kier molecular flexibility index (Phi) is 55.1. The molecule has 0 aromatic carbocycles. The van der Waals surface area contributed by atoms with Crippen molar-refractivity contribution in [3.8, 4) is 0 Å². The number of halogens is 2. The number of aryl methyl sites for hydroxylation is 8. The van der Waals surface area contributed by atoms with Crippen molar-refractivity contribution in [2.75, 3.05) is 0 Å². The highest BCUT2D eigenvalue weighted by Crippen LogP contribution is 2.26. The molecule has 10 atom stereocenters. The Morgan fingerprint density at radius 3 is 0.829 bits per heavy atom. The van der Waals surface area contributed by atoms with E-state index >= 15 is 0 Å². The molecule has 0 saturated heterocycles. The number of ether oxygens (including phenoxy) is 1. The van der Waals surface area contributed by atoms with E-state index < -0.39 is 17.5 Å². The van der Waals surface area contributed by atoms with E-state index in [4.69, 9.17) is 14.9 Å². The number of aromatic nitrogens is 16. The fourth-order valence-electron chi connectivity index (χ4n) is 11.9. The minimum atomic E-state index is -0.982. The van der Waals surface area contributed by atoms with Crippen LogP contribution in [0.1, 0.15) is 247 Å². The second kappa shape index (κ2) is 56.1. The van der Waals surface area contributed by atoms with Crippen LogP contribution in [0.4, 0.5) is 0 Å². The molecular formula is C87H150Cl2N16O6. The number of hydrogen-bond donors (Lipinski definition) is 2. The quantitative estimate of drug-likeness (QED) is 0.0223. The highest BCUT2D eigenvalue weighted by molar-refractivity contribution is 5.68. The number of carboxylic acids is 2. The first kappa shape index (κ1) is 109. The van der Waals surface area contributed by atoms with Crippen LogP contribution < -0.4 is 65.9 Å². The number of carboxylic acid groups (broad SMARTS) is 2. The minimum absolute atomic E-state index is 0. The standard InChI is InChI=1S/C23H36N6O2.C21H33N4O4.C20H30N2.C16H28N4.7CH3.2ClH/c1-5-20(2)27-13-10-24(17-27)8-9-25-11-14-28(18-25)21(3)6-7-22(4)29-15-12-26(19-29)16-23(30)31;1-5-18(2)24-12-10-22(15-24)8-9-23-11-13-25(16-23)19(3)6-7-21(4,29-17-26)14-20(27)28;1-5-17(3)19-7-11-21(12-8-19)15-16-22-13-9-20(10-14-22)18(4)6-2;1-5-15(3)19-11-9-17(13-19)7-8-18-10-12-20(14-18)16(4)6-2;;;;;;;;;/h10-15,17-22H,5-9,16H2,1-4H3;10-13,15-19H,5-9,14H2,1-4H3;7-14,17-18H,5-6,15-16H2,1-4H3;9-16H,5-8H2,1-4H3;7*1H3;2*1H/q+2;+1;2*+2;7*-1;;. The average Bonchev–Trinajstić information content (AvgIpc) is 1.14. The first-order chi connectivity index (χ1) is 48.9. The van der Waals surface area contributed by atoms with Gasteiger partial charge in [0.2, 0.25) is 57.4 Å². The zero-order chi connectivity index (χ0) is 74.3. The van der Waals surface area contributed by atoms with Gasteiger partial charge < -0.3 is 91.8 Å². The summed E-state index contributed by atoms with van der Waals surface area (Å²) in [7, 11) is 0.